The van der Waals surface area contributed by atoms with Crippen molar-refractivity contribution in [2.75, 3.05) is 0 Å². The van der Waals surface area contributed by atoms with Crippen molar-refractivity contribution in [2.24, 2.45) is 0 Å². The summed E-state index contributed by atoms with van der Waals surface area (Å²) in [5.41, 5.74) is 4.74. The molecule has 1 heterocycles. The Balaban J connectivity index is 1.92. The maximum absolute atomic E-state index is 12.8. The number of hydrogen-bond donors (Lipinski definition) is 1. The summed E-state index contributed by atoms with van der Waals surface area (Å²) in [5.74, 6) is 0.850. The van der Waals surface area contributed by atoms with E-state index >= 15 is 0 Å². The third-order valence-electron chi connectivity index (χ3n) is 4.57. The van der Waals surface area contributed by atoms with Crippen LogP contribution in [0.1, 0.15) is 58.9 Å². The fraction of sp³-hybridized carbons (Fsp3) is 0.381. The summed E-state index contributed by atoms with van der Waals surface area (Å²) in [7, 11) is 0. The summed E-state index contributed by atoms with van der Waals surface area (Å²) >= 11 is 0. The molecule has 1 aliphatic heterocycles. The maximum Gasteiger partial charge on any atom is 0.252 e. The van der Waals surface area contributed by atoms with E-state index < -0.39 is 0 Å². The average Bonchev–Trinajstić information content (AvgIpc) is 2.48. The van der Waals surface area contributed by atoms with Crippen molar-refractivity contribution in [3.63, 3.8) is 0 Å². The summed E-state index contributed by atoms with van der Waals surface area (Å²) in [4.78, 5) is 12.8. The first-order valence-corrected chi connectivity index (χ1v) is 8.43. The van der Waals surface area contributed by atoms with E-state index in [0.717, 1.165) is 40.0 Å². The van der Waals surface area contributed by atoms with Crippen LogP contribution in [-0.4, -0.2) is 11.5 Å². The van der Waals surface area contributed by atoms with Gasteiger partial charge in [0.2, 0.25) is 0 Å². The minimum atomic E-state index is -0.305. The Hall–Kier alpha value is -2.29. The molecule has 126 valence electrons. The van der Waals surface area contributed by atoms with Gasteiger partial charge < -0.3 is 10.1 Å². The fourth-order valence-corrected chi connectivity index (χ4v) is 3.30. The SMILES string of the molecule is Cc1ccc2c(c1)OC(C)(C)C[C@H]2NC(=O)c1cc(C)ccc1C. The highest BCUT2D eigenvalue weighted by molar-refractivity contribution is 5.96. The molecular weight excluding hydrogens is 298 g/mol. The lowest BCUT2D eigenvalue weighted by Crippen LogP contribution is -2.41. The van der Waals surface area contributed by atoms with Crippen molar-refractivity contribution in [3.8, 4) is 5.75 Å². The van der Waals surface area contributed by atoms with Crippen LogP contribution >= 0.6 is 0 Å². The van der Waals surface area contributed by atoms with Crippen molar-refractivity contribution in [1.29, 1.82) is 0 Å². The van der Waals surface area contributed by atoms with Crippen LogP contribution in [0.25, 0.3) is 0 Å². The molecule has 0 bridgehead atoms. The van der Waals surface area contributed by atoms with Gasteiger partial charge >= 0.3 is 0 Å². The molecule has 2 aromatic rings. The molecule has 0 aromatic heterocycles. The second kappa shape index (κ2) is 5.97. The van der Waals surface area contributed by atoms with Gasteiger partial charge in [-0.1, -0.05) is 29.8 Å². The Morgan fingerprint density at radius 1 is 1.08 bits per heavy atom. The number of aryl methyl sites for hydroxylation is 3. The second-order valence-corrected chi connectivity index (χ2v) is 7.45. The number of amides is 1. The average molecular weight is 323 g/mol. The normalized spacial score (nSPS) is 18.5. The van der Waals surface area contributed by atoms with Crippen molar-refractivity contribution in [2.45, 2.75) is 52.7 Å². The Morgan fingerprint density at radius 2 is 1.75 bits per heavy atom. The van der Waals surface area contributed by atoms with Crippen molar-refractivity contribution < 1.29 is 9.53 Å². The number of carbonyl (C=O) groups is 1. The molecule has 3 nitrogen and oxygen atoms in total. The molecule has 3 heteroatoms. The molecule has 0 radical (unpaired) electrons. The van der Waals surface area contributed by atoms with E-state index in [1.165, 1.54) is 0 Å². The van der Waals surface area contributed by atoms with Crippen LogP contribution < -0.4 is 10.1 Å². The van der Waals surface area contributed by atoms with Crippen LogP contribution in [0.4, 0.5) is 0 Å². The van der Waals surface area contributed by atoms with Crippen molar-refractivity contribution >= 4 is 5.91 Å². The Labute approximate surface area is 144 Å². The monoisotopic (exact) mass is 323 g/mol. The van der Waals surface area contributed by atoms with Crippen molar-refractivity contribution in [1.82, 2.24) is 5.32 Å². The van der Waals surface area contributed by atoms with Crippen LogP contribution in [0.3, 0.4) is 0 Å². The fourth-order valence-electron chi connectivity index (χ4n) is 3.30. The number of hydrogen-bond acceptors (Lipinski definition) is 2. The zero-order valence-corrected chi connectivity index (χ0v) is 15.1. The molecular formula is C21H25NO2. The molecule has 1 N–H and O–H groups in total. The Kier molecular flexibility index (Phi) is 4.12. The van der Waals surface area contributed by atoms with E-state index in [2.05, 4.69) is 38.2 Å². The zero-order valence-electron chi connectivity index (χ0n) is 15.1. The number of fused-ring (bicyclic) bond motifs is 1. The molecule has 0 saturated carbocycles. The van der Waals surface area contributed by atoms with Crippen molar-refractivity contribution in [3.05, 3.63) is 64.2 Å². The summed E-state index contributed by atoms with van der Waals surface area (Å²) in [6.45, 7) is 10.2. The molecule has 1 atom stereocenters. The predicted molar refractivity (Wildman–Crippen MR) is 96.6 cm³/mol. The van der Waals surface area contributed by atoms with E-state index in [1.54, 1.807) is 0 Å². The highest BCUT2D eigenvalue weighted by atomic mass is 16.5. The van der Waals surface area contributed by atoms with Gasteiger partial charge in [-0.15, -0.1) is 0 Å². The maximum atomic E-state index is 12.8. The number of ether oxygens (including phenoxy) is 1. The van der Waals surface area contributed by atoms with Gasteiger partial charge in [-0.3, -0.25) is 4.79 Å². The number of benzene rings is 2. The quantitative estimate of drug-likeness (QED) is 0.874. The molecule has 3 rings (SSSR count). The third-order valence-corrected chi connectivity index (χ3v) is 4.57. The van der Waals surface area contributed by atoms with Gasteiger partial charge in [0, 0.05) is 17.5 Å². The Bertz CT molecular complexity index is 792. The van der Waals surface area contributed by atoms with Gasteiger partial charge in [-0.2, -0.15) is 0 Å². The van der Waals surface area contributed by atoms with E-state index in [9.17, 15) is 4.79 Å². The van der Waals surface area contributed by atoms with Gasteiger partial charge in [0.05, 0.1) is 6.04 Å². The van der Waals surface area contributed by atoms with E-state index in [-0.39, 0.29) is 17.6 Å². The standard InChI is InChI=1S/C21H25NO2/c1-13-6-8-15(3)17(10-13)20(23)22-18-12-21(4,5)24-19-11-14(2)7-9-16(18)19/h6-11,18H,12H2,1-5H3,(H,22,23)/t18-/m1/s1. The molecule has 1 amide bonds. The molecule has 0 fully saturated rings. The highest BCUT2D eigenvalue weighted by Gasteiger charge is 2.34. The van der Waals surface area contributed by atoms with Gasteiger partial charge in [0.25, 0.3) is 5.91 Å². The van der Waals surface area contributed by atoms with Crippen LogP contribution in [-0.2, 0) is 0 Å². The number of rotatable bonds is 2. The predicted octanol–water partition coefficient (Wildman–Crippen LogP) is 4.64. The largest absolute Gasteiger partial charge is 0.487 e. The molecule has 0 spiro atoms. The minimum absolute atomic E-state index is 0.0228. The first-order chi connectivity index (χ1) is 11.2. The van der Waals surface area contributed by atoms with E-state index in [1.807, 2.05) is 38.1 Å². The molecule has 0 saturated heterocycles. The highest BCUT2D eigenvalue weighted by Crippen LogP contribution is 2.40. The smallest absolute Gasteiger partial charge is 0.252 e. The first kappa shape index (κ1) is 16.6. The number of carbonyl (C=O) groups excluding carboxylic acids is 1. The second-order valence-electron chi connectivity index (χ2n) is 7.45. The Morgan fingerprint density at radius 3 is 2.50 bits per heavy atom. The van der Waals surface area contributed by atoms with E-state index in [4.69, 9.17) is 4.74 Å². The molecule has 1 aliphatic rings. The lowest BCUT2D eigenvalue weighted by atomic mass is 9.89. The van der Waals surface area contributed by atoms with E-state index in [0.29, 0.717) is 0 Å². The topological polar surface area (TPSA) is 38.3 Å². The molecule has 24 heavy (non-hydrogen) atoms. The molecule has 2 aromatic carbocycles. The zero-order chi connectivity index (χ0) is 17.5. The summed E-state index contributed by atoms with van der Waals surface area (Å²) in [6, 6.07) is 12.1. The van der Waals surface area contributed by atoms with Gasteiger partial charge in [-0.05, 0) is 57.9 Å². The van der Waals surface area contributed by atoms with Crippen LogP contribution in [0, 0.1) is 20.8 Å². The molecule has 0 aliphatic carbocycles. The summed E-state index contributed by atoms with van der Waals surface area (Å²) in [6.07, 6.45) is 0.750. The number of nitrogens with one attached hydrogen (secondary N) is 1. The minimum Gasteiger partial charge on any atom is -0.487 e. The summed E-state index contributed by atoms with van der Waals surface area (Å²) in [5, 5.41) is 3.22. The lowest BCUT2D eigenvalue weighted by Gasteiger charge is -2.38. The van der Waals surface area contributed by atoms with Crippen LogP contribution in [0.15, 0.2) is 36.4 Å². The van der Waals surface area contributed by atoms with Gasteiger partial charge in [-0.25, -0.2) is 0 Å². The van der Waals surface area contributed by atoms with Crippen LogP contribution in [0.2, 0.25) is 0 Å². The third kappa shape index (κ3) is 3.30. The first-order valence-electron chi connectivity index (χ1n) is 8.43. The van der Waals surface area contributed by atoms with Crippen LogP contribution in [0.5, 0.6) is 5.75 Å². The van der Waals surface area contributed by atoms with Gasteiger partial charge in [0.15, 0.2) is 0 Å². The summed E-state index contributed by atoms with van der Waals surface area (Å²) < 4.78 is 6.11. The lowest BCUT2D eigenvalue weighted by molar-refractivity contribution is 0.0619. The van der Waals surface area contributed by atoms with Gasteiger partial charge in [0.1, 0.15) is 11.4 Å². The molecule has 0 unspecified atom stereocenters.